The molecule has 0 bridgehead atoms. The minimum absolute atomic E-state index is 0.0544. The molecule has 92 valence electrons. The quantitative estimate of drug-likeness (QED) is 0.546. The van der Waals surface area contributed by atoms with E-state index < -0.39 is 0 Å². The Morgan fingerprint density at radius 1 is 0.889 bits per heavy atom. The topological polar surface area (TPSA) is 43.1 Å². The molecule has 2 rings (SSSR count). The molecule has 0 aliphatic heterocycles. The first-order chi connectivity index (χ1) is 8.49. The molecule has 0 amide bonds. The minimum atomic E-state index is -0.0544. The summed E-state index contributed by atoms with van der Waals surface area (Å²) in [5.41, 5.74) is 7.48. The van der Waals surface area contributed by atoms with Crippen LogP contribution < -0.4 is 5.73 Å². The molecule has 0 aliphatic rings. The summed E-state index contributed by atoms with van der Waals surface area (Å²) in [5, 5.41) is 0. The lowest BCUT2D eigenvalue weighted by atomic mass is 10.0. The molecule has 18 heavy (non-hydrogen) atoms. The first kappa shape index (κ1) is 13.8. The fraction of sp³-hybridized carbons (Fsp3) is 0. The third-order valence-corrected chi connectivity index (χ3v) is 4.22. The number of carbonyl (C=O) groups excluding carboxylic acids is 1. The van der Waals surface area contributed by atoms with Crippen molar-refractivity contribution in [1.29, 1.82) is 0 Å². The summed E-state index contributed by atoms with van der Waals surface area (Å²) >= 11 is 10.1. The summed E-state index contributed by atoms with van der Waals surface area (Å²) < 4.78 is 2.37. The van der Waals surface area contributed by atoms with Gasteiger partial charge in [-0.1, -0.05) is 15.9 Å². The maximum atomic E-state index is 12.4. The van der Waals surface area contributed by atoms with Crippen LogP contribution >= 0.6 is 47.8 Å². The van der Waals surface area contributed by atoms with Crippen LogP contribution in [0.25, 0.3) is 0 Å². The fourth-order valence-corrected chi connectivity index (χ4v) is 3.34. The van der Waals surface area contributed by atoms with Gasteiger partial charge in [0, 0.05) is 30.2 Å². The van der Waals surface area contributed by atoms with Crippen molar-refractivity contribution in [2.24, 2.45) is 0 Å². The molecule has 0 unspecified atom stereocenters. The van der Waals surface area contributed by atoms with Crippen molar-refractivity contribution < 1.29 is 4.79 Å². The molecule has 2 N–H and O–H groups in total. The molecule has 0 spiro atoms. The first-order valence-corrected chi connectivity index (χ1v) is 7.41. The second-order valence-corrected chi connectivity index (χ2v) is 6.32. The number of ketones is 1. The van der Waals surface area contributed by atoms with Gasteiger partial charge in [-0.25, -0.2) is 0 Å². The Bertz CT molecular complexity index is 572. The van der Waals surface area contributed by atoms with Gasteiger partial charge in [0.1, 0.15) is 0 Å². The zero-order chi connectivity index (χ0) is 13.3. The van der Waals surface area contributed by atoms with Crippen LogP contribution in [0.1, 0.15) is 15.9 Å². The Labute approximate surface area is 130 Å². The summed E-state index contributed by atoms with van der Waals surface area (Å²) in [6, 6.07) is 10.6. The van der Waals surface area contributed by atoms with E-state index >= 15 is 0 Å². The first-order valence-electron chi connectivity index (χ1n) is 5.04. The third kappa shape index (κ3) is 2.84. The number of rotatable bonds is 2. The van der Waals surface area contributed by atoms with Gasteiger partial charge in [0.25, 0.3) is 0 Å². The minimum Gasteiger partial charge on any atom is -0.399 e. The van der Waals surface area contributed by atoms with Crippen LogP contribution in [0, 0.1) is 0 Å². The maximum absolute atomic E-state index is 12.4. The molecule has 2 nitrogen and oxygen atoms in total. The van der Waals surface area contributed by atoms with Crippen molar-refractivity contribution in [1.82, 2.24) is 0 Å². The second kappa shape index (κ2) is 5.55. The smallest absolute Gasteiger partial charge is 0.195 e. The Balaban J connectivity index is 2.48. The normalized spacial score (nSPS) is 10.4. The molecule has 5 heteroatoms. The van der Waals surface area contributed by atoms with Crippen LogP contribution in [0.3, 0.4) is 0 Å². The molecule has 0 radical (unpaired) electrons. The van der Waals surface area contributed by atoms with Crippen molar-refractivity contribution in [3.63, 3.8) is 0 Å². The summed E-state index contributed by atoms with van der Waals surface area (Å²) in [5.74, 6) is -0.0544. The van der Waals surface area contributed by atoms with E-state index in [4.69, 9.17) is 5.73 Å². The number of halogens is 3. The molecule has 0 fully saturated rings. The highest BCUT2D eigenvalue weighted by molar-refractivity contribution is 9.11. The van der Waals surface area contributed by atoms with E-state index in [0.29, 0.717) is 21.3 Å². The monoisotopic (exact) mass is 431 g/mol. The lowest BCUT2D eigenvalue weighted by Crippen LogP contribution is -2.04. The van der Waals surface area contributed by atoms with E-state index in [1.165, 1.54) is 0 Å². The van der Waals surface area contributed by atoms with Gasteiger partial charge in [-0.3, -0.25) is 4.79 Å². The van der Waals surface area contributed by atoms with Gasteiger partial charge in [-0.2, -0.15) is 0 Å². The zero-order valence-electron chi connectivity index (χ0n) is 9.08. The summed E-state index contributed by atoms with van der Waals surface area (Å²) in [7, 11) is 0. The van der Waals surface area contributed by atoms with Gasteiger partial charge < -0.3 is 5.73 Å². The second-order valence-electron chi connectivity index (χ2n) is 3.69. The van der Waals surface area contributed by atoms with E-state index in [9.17, 15) is 4.79 Å². The van der Waals surface area contributed by atoms with E-state index in [0.717, 1.165) is 8.95 Å². The van der Waals surface area contributed by atoms with Crippen molar-refractivity contribution >= 4 is 59.3 Å². The SMILES string of the molecule is Nc1ccc(C(=O)c2ccc(Br)cc2Br)c(Br)c1. The highest BCUT2D eigenvalue weighted by Gasteiger charge is 2.15. The van der Waals surface area contributed by atoms with Crippen LogP contribution in [0.5, 0.6) is 0 Å². The van der Waals surface area contributed by atoms with Gasteiger partial charge in [0.15, 0.2) is 5.78 Å². The van der Waals surface area contributed by atoms with Gasteiger partial charge in [0.2, 0.25) is 0 Å². The van der Waals surface area contributed by atoms with E-state index in [-0.39, 0.29) is 5.78 Å². The highest BCUT2D eigenvalue weighted by Crippen LogP contribution is 2.27. The average molecular weight is 434 g/mol. The summed E-state index contributed by atoms with van der Waals surface area (Å²) in [4.78, 5) is 12.4. The lowest BCUT2D eigenvalue weighted by molar-refractivity contribution is 0.103. The van der Waals surface area contributed by atoms with Crippen LogP contribution in [0.2, 0.25) is 0 Å². The predicted molar refractivity (Wildman–Crippen MR) is 83.8 cm³/mol. The molecule has 2 aromatic rings. The van der Waals surface area contributed by atoms with Gasteiger partial charge >= 0.3 is 0 Å². The van der Waals surface area contributed by atoms with Crippen LogP contribution in [0.4, 0.5) is 5.69 Å². The molecule has 0 saturated heterocycles. The van der Waals surface area contributed by atoms with Crippen LogP contribution in [-0.2, 0) is 0 Å². The largest absolute Gasteiger partial charge is 0.399 e. The Hall–Kier alpha value is -0.650. The van der Waals surface area contributed by atoms with E-state index in [1.54, 1.807) is 24.3 Å². The van der Waals surface area contributed by atoms with Crippen molar-refractivity contribution in [3.8, 4) is 0 Å². The van der Waals surface area contributed by atoms with Crippen LogP contribution in [0.15, 0.2) is 49.8 Å². The van der Waals surface area contributed by atoms with Gasteiger partial charge in [-0.05, 0) is 68.3 Å². The highest BCUT2D eigenvalue weighted by atomic mass is 79.9. The number of nitrogens with two attached hydrogens (primary N) is 1. The maximum Gasteiger partial charge on any atom is 0.195 e. The van der Waals surface area contributed by atoms with Gasteiger partial charge in [0.05, 0.1) is 0 Å². The van der Waals surface area contributed by atoms with Crippen LogP contribution in [-0.4, -0.2) is 5.78 Å². The standard InChI is InChI=1S/C13H8Br3NO/c14-7-1-3-9(11(15)5-7)13(18)10-4-2-8(17)6-12(10)16/h1-6H,17H2. The number of hydrogen-bond donors (Lipinski definition) is 1. The molecule has 0 aromatic heterocycles. The van der Waals surface area contributed by atoms with Crippen molar-refractivity contribution in [2.45, 2.75) is 0 Å². The molecule has 0 aliphatic carbocycles. The Kier molecular flexibility index (Phi) is 4.25. The number of benzene rings is 2. The summed E-state index contributed by atoms with van der Waals surface area (Å²) in [6.07, 6.45) is 0. The van der Waals surface area contributed by atoms with E-state index in [1.807, 2.05) is 12.1 Å². The van der Waals surface area contributed by atoms with Gasteiger partial charge in [-0.15, -0.1) is 0 Å². The molecule has 0 saturated carbocycles. The summed E-state index contributed by atoms with van der Waals surface area (Å²) in [6.45, 7) is 0. The van der Waals surface area contributed by atoms with Crippen molar-refractivity contribution in [3.05, 3.63) is 60.9 Å². The third-order valence-electron chi connectivity index (χ3n) is 2.41. The molecule has 0 atom stereocenters. The number of hydrogen-bond acceptors (Lipinski definition) is 2. The fourth-order valence-electron chi connectivity index (χ4n) is 1.53. The number of anilines is 1. The molecular weight excluding hydrogens is 426 g/mol. The Morgan fingerprint density at radius 2 is 1.44 bits per heavy atom. The molecular formula is C13H8Br3NO. The number of nitrogen functional groups attached to an aromatic ring is 1. The zero-order valence-corrected chi connectivity index (χ0v) is 13.8. The van der Waals surface area contributed by atoms with E-state index in [2.05, 4.69) is 47.8 Å². The van der Waals surface area contributed by atoms with Crippen molar-refractivity contribution in [2.75, 3.05) is 5.73 Å². The average Bonchev–Trinajstić information content (AvgIpc) is 2.28. The molecule has 2 aromatic carbocycles. The lowest BCUT2D eigenvalue weighted by Gasteiger charge is -2.07. The number of carbonyl (C=O) groups is 1. The Morgan fingerprint density at radius 3 is 2.00 bits per heavy atom. The molecule has 0 heterocycles. The predicted octanol–water partition coefficient (Wildman–Crippen LogP) is 4.79.